The van der Waals surface area contributed by atoms with Crippen molar-refractivity contribution >= 4 is 10.9 Å². The van der Waals surface area contributed by atoms with E-state index < -0.39 is 0 Å². The number of para-hydroxylation sites is 1. The Morgan fingerprint density at radius 1 is 0.846 bits per heavy atom. The Hall–Kier alpha value is -2.55. The molecule has 26 heavy (non-hydrogen) atoms. The molecule has 2 aromatic carbocycles. The van der Waals surface area contributed by atoms with Gasteiger partial charge in [-0.1, -0.05) is 53.7 Å². The van der Waals surface area contributed by atoms with Crippen molar-refractivity contribution in [2.24, 2.45) is 0 Å². The largest absolute Gasteiger partial charge is 0.508 e. The number of fused-ring (bicyclic) bond motifs is 1. The fraction of sp³-hybridized carbons (Fsp3) is 0.348. The molecule has 0 bridgehead atoms. The van der Waals surface area contributed by atoms with E-state index in [0.717, 1.165) is 22.3 Å². The molecule has 1 aromatic heterocycles. The first kappa shape index (κ1) is 18.2. The second-order valence-electron chi connectivity index (χ2n) is 8.95. The molecule has 0 aliphatic heterocycles. The van der Waals surface area contributed by atoms with E-state index in [9.17, 15) is 9.90 Å². The van der Waals surface area contributed by atoms with Gasteiger partial charge in [-0.2, -0.15) is 0 Å². The summed E-state index contributed by atoms with van der Waals surface area (Å²) in [6, 6.07) is 13.1. The first-order chi connectivity index (χ1) is 12.0. The summed E-state index contributed by atoms with van der Waals surface area (Å²) in [5, 5.41) is 11.4. The Morgan fingerprint density at radius 3 is 2.08 bits per heavy atom. The molecule has 3 nitrogen and oxygen atoms in total. The van der Waals surface area contributed by atoms with Crippen molar-refractivity contribution in [2.75, 3.05) is 0 Å². The van der Waals surface area contributed by atoms with E-state index in [2.05, 4.69) is 47.6 Å². The SMILES string of the molecule is CC(C)(C)c1cc(C(C)(C)C)c(-n2ccc(=O)c3ccccc32)cc1O. The summed E-state index contributed by atoms with van der Waals surface area (Å²) in [5.74, 6) is 0.281. The second-order valence-corrected chi connectivity index (χ2v) is 8.95. The molecule has 0 aliphatic carbocycles. The monoisotopic (exact) mass is 349 g/mol. The lowest BCUT2D eigenvalue weighted by molar-refractivity contribution is 0.444. The van der Waals surface area contributed by atoms with E-state index in [-0.39, 0.29) is 22.0 Å². The highest BCUT2D eigenvalue weighted by Gasteiger charge is 2.26. The predicted molar refractivity (Wildman–Crippen MR) is 109 cm³/mol. The van der Waals surface area contributed by atoms with Crippen LogP contribution in [0.5, 0.6) is 5.75 Å². The van der Waals surface area contributed by atoms with Gasteiger partial charge >= 0.3 is 0 Å². The number of aromatic nitrogens is 1. The van der Waals surface area contributed by atoms with Gasteiger partial charge in [-0.3, -0.25) is 4.79 Å². The van der Waals surface area contributed by atoms with E-state index >= 15 is 0 Å². The molecule has 3 aromatic rings. The molecule has 0 spiro atoms. The first-order valence-electron chi connectivity index (χ1n) is 8.99. The summed E-state index contributed by atoms with van der Waals surface area (Å²) >= 11 is 0. The van der Waals surface area contributed by atoms with Crippen LogP contribution >= 0.6 is 0 Å². The Morgan fingerprint density at radius 2 is 1.46 bits per heavy atom. The van der Waals surface area contributed by atoms with Gasteiger partial charge in [0.15, 0.2) is 5.43 Å². The van der Waals surface area contributed by atoms with Gasteiger partial charge in [-0.05, 0) is 40.2 Å². The lowest BCUT2D eigenvalue weighted by Crippen LogP contribution is -2.20. The van der Waals surface area contributed by atoms with Crippen molar-refractivity contribution in [1.82, 2.24) is 4.57 Å². The maximum atomic E-state index is 12.2. The lowest BCUT2D eigenvalue weighted by atomic mass is 9.79. The van der Waals surface area contributed by atoms with Crippen molar-refractivity contribution in [1.29, 1.82) is 0 Å². The molecular weight excluding hydrogens is 322 g/mol. The Bertz CT molecular complexity index is 1030. The van der Waals surface area contributed by atoms with E-state index in [1.165, 1.54) is 0 Å². The average molecular weight is 349 g/mol. The van der Waals surface area contributed by atoms with E-state index in [4.69, 9.17) is 0 Å². The summed E-state index contributed by atoms with van der Waals surface area (Å²) < 4.78 is 2.00. The number of phenols is 1. The van der Waals surface area contributed by atoms with Gasteiger partial charge in [0.25, 0.3) is 0 Å². The topological polar surface area (TPSA) is 42.2 Å². The molecule has 0 saturated carbocycles. The van der Waals surface area contributed by atoms with Crippen molar-refractivity contribution < 1.29 is 5.11 Å². The number of pyridine rings is 1. The normalized spacial score (nSPS) is 12.5. The molecule has 0 aliphatic rings. The summed E-state index contributed by atoms with van der Waals surface area (Å²) in [5.41, 5.74) is 3.53. The van der Waals surface area contributed by atoms with Gasteiger partial charge in [-0.15, -0.1) is 0 Å². The Balaban J connectivity index is 2.42. The van der Waals surface area contributed by atoms with E-state index in [1.807, 2.05) is 34.9 Å². The number of rotatable bonds is 1. The zero-order chi connectivity index (χ0) is 19.3. The van der Waals surface area contributed by atoms with Crippen molar-refractivity contribution in [3.05, 3.63) is 70.0 Å². The van der Waals surface area contributed by atoms with Crippen LogP contribution < -0.4 is 5.43 Å². The van der Waals surface area contributed by atoms with Crippen LogP contribution in [-0.4, -0.2) is 9.67 Å². The van der Waals surface area contributed by atoms with Crippen LogP contribution in [-0.2, 0) is 10.8 Å². The summed E-state index contributed by atoms with van der Waals surface area (Å²) in [6.45, 7) is 12.8. The van der Waals surface area contributed by atoms with Gasteiger partial charge in [-0.25, -0.2) is 0 Å². The van der Waals surface area contributed by atoms with Crippen LogP contribution in [0.1, 0.15) is 52.7 Å². The zero-order valence-corrected chi connectivity index (χ0v) is 16.4. The molecule has 0 saturated heterocycles. The zero-order valence-electron chi connectivity index (χ0n) is 16.4. The maximum absolute atomic E-state index is 12.2. The maximum Gasteiger partial charge on any atom is 0.189 e. The highest BCUT2D eigenvalue weighted by atomic mass is 16.3. The van der Waals surface area contributed by atoms with Gasteiger partial charge < -0.3 is 9.67 Å². The minimum atomic E-state index is -0.159. The third-order valence-corrected chi connectivity index (χ3v) is 4.79. The Labute approximate surface area is 154 Å². The second kappa shape index (κ2) is 6.01. The number of hydrogen-bond donors (Lipinski definition) is 1. The van der Waals surface area contributed by atoms with Crippen molar-refractivity contribution in [3.8, 4) is 11.4 Å². The van der Waals surface area contributed by atoms with Gasteiger partial charge in [0.2, 0.25) is 0 Å². The number of hydrogen-bond acceptors (Lipinski definition) is 2. The van der Waals surface area contributed by atoms with Gasteiger partial charge in [0, 0.05) is 23.7 Å². The molecule has 3 heteroatoms. The van der Waals surface area contributed by atoms with Crippen molar-refractivity contribution in [3.63, 3.8) is 0 Å². The van der Waals surface area contributed by atoms with Gasteiger partial charge in [0.1, 0.15) is 5.75 Å². The molecule has 0 atom stereocenters. The Kier molecular flexibility index (Phi) is 4.22. The standard InChI is InChI=1S/C23H27NO2/c1-22(2,3)16-13-17(23(4,5)6)21(26)14-19(16)24-12-11-20(25)15-9-7-8-10-18(15)24/h7-14,26H,1-6H3. The third-order valence-electron chi connectivity index (χ3n) is 4.79. The fourth-order valence-corrected chi connectivity index (χ4v) is 3.39. The molecule has 0 radical (unpaired) electrons. The number of benzene rings is 2. The number of aromatic hydroxyl groups is 1. The van der Waals surface area contributed by atoms with Crippen LogP contribution in [0.15, 0.2) is 53.5 Å². The van der Waals surface area contributed by atoms with E-state index in [0.29, 0.717) is 5.39 Å². The highest BCUT2D eigenvalue weighted by molar-refractivity contribution is 5.81. The molecule has 0 fully saturated rings. The highest BCUT2D eigenvalue weighted by Crippen LogP contribution is 2.39. The number of phenolic OH excluding ortho intramolecular Hbond substituents is 1. The molecular formula is C23H27NO2. The van der Waals surface area contributed by atoms with Crippen LogP contribution in [0.25, 0.3) is 16.6 Å². The smallest absolute Gasteiger partial charge is 0.189 e. The minimum absolute atomic E-state index is 0.00434. The minimum Gasteiger partial charge on any atom is -0.508 e. The molecule has 1 N–H and O–H groups in total. The van der Waals surface area contributed by atoms with Crippen LogP contribution in [0.4, 0.5) is 0 Å². The van der Waals surface area contributed by atoms with Crippen LogP contribution in [0, 0.1) is 0 Å². The first-order valence-corrected chi connectivity index (χ1v) is 8.99. The molecule has 0 unspecified atom stereocenters. The average Bonchev–Trinajstić information content (AvgIpc) is 2.53. The quantitative estimate of drug-likeness (QED) is 0.648. The molecule has 1 heterocycles. The number of nitrogens with zero attached hydrogens (tertiary/aromatic N) is 1. The van der Waals surface area contributed by atoms with E-state index in [1.54, 1.807) is 12.3 Å². The van der Waals surface area contributed by atoms with Crippen molar-refractivity contribution in [2.45, 2.75) is 52.4 Å². The molecule has 136 valence electrons. The predicted octanol–water partition coefficient (Wildman–Crippen LogP) is 5.29. The summed E-state index contributed by atoms with van der Waals surface area (Å²) in [4.78, 5) is 12.2. The fourth-order valence-electron chi connectivity index (χ4n) is 3.39. The summed E-state index contributed by atoms with van der Waals surface area (Å²) in [6.07, 6.45) is 1.80. The van der Waals surface area contributed by atoms with Crippen LogP contribution in [0.2, 0.25) is 0 Å². The molecule has 3 rings (SSSR count). The third kappa shape index (κ3) is 3.14. The van der Waals surface area contributed by atoms with Gasteiger partial charge in [0.05, 0.1) is 11.2 Å². The van der Waals surface area contributed by atoms with Crippen LogP contribution in [0.3, 0.4) is 0 Å². The summed E-state index contributed by atoms with van der Waals surface area (Å²) in [7, 11) is 0. The lowest BCUT2D eigenvalue weighted by Gasteiger charge is -2.29. The molecule has 0 amide bonds.